The minimum absolute atomic E-state index is 0.689. The molecule has 0 aliphatic rings. The number of rotatable bonds is 6. The van der Waals surface area contributed by atoms with Gasteiger partial charge in [-0.05, 0) is 64.2 Å². The van der Waals surface area contributed by atoms with Gasteiger partial charge in [0.2, 0.25) is 0 Å². The van der Waals surface area contributed by atoms with Crippen LogP contribution in [0.15, 0.2) is 176 Å². The van der Waals surface area contributed by atoms with Gasteiger partial charge in [-0.1, -0.05) is 127 Å². The molecular weight excluding hydrogens is 615 g/mol. The topological polar surface area (TPSA) is 38.7 Å². The van der Waals surface area contributed by atoms with Crippen molar-refractivity contribution < 1.29 is 0 Å². The van der Waals surface area contributed by atoms with Crippen LogP contribution < -0.4 is 0 Å². The first-order valence-corrected chi connectivity index (χ1v) is 17.1. The first-order chi connectivity index (χ1) is 24.2. The smallest absolute Gasteiger partial charge is 0.160 e. The van der Waals surface area contributed by atoms with Crippen molar-refractivity contribution >= 4 is 31.5 Å². The molecule has 9 rings (SSSR count). The number of benzene rings is 6. The molecular formula is C45H29N3S. The highest BCUT2D eigenvalue weighted by molar-refractivity contribution is 7.25. The highest BCUT2D eigenvalue weighted by atomic mass is 32.1. The Morgan fingerprint density at radius 2 is 0.918 bits per heavy atom. The van der Waals surface area contributed by atoms with Gasteiger partial charge >= 0.3 is 0 Å². The Hall–Kier alpha value is -6.23. The molecule has 0 unspecified atom stereocenters. The third-order valence-electron chi connectivity index (χ3n) is 9.02. The van der Waals surface area contributed by atoms with Crippen LogP contribution in [0.4, 0.5) is 0 Å². The number of thiophene rings is 1. The lowest BCUT2D eigenvalue weighted by atomic mass is 9.98. The Bertz CT molecular complexity index is 2570. The standard InChI is InChI=1S/C45H29N3S/c1-2-8-30(9-3-1)31-15-17-32(18-16-31)33-19-21-34(22-20-33)41-28-42(36-23-24-44-40(27-36)39-13-4-5-14-43(39)49-44)48-45(47-41)37-11-6-10-35(26-37)38-12-7-25-46-29-38/h1-29H. The third-order valence-corrected chi connectivity index (χ3v) is 10.2. The van der Waals surface area contributed by atoms with Crippen LogP contribution in [0.25, 0.3) is 87.5 Å². The lowest BCUT2D eigenvalue weighted by molar-refractivity contribution is 1.18. The van der Waals surface area contributed by atoms with E-state index in [2.05, 4.69) is 157 Å². The molecule has 0 atom stereocenters. The van der Waals surface area contributed by atoms with Gasteiger partial charge in [-0.25, -0.2) is 9.97 Å². The Kier molecular flexibility index (Phi) is 7.34. The Labute approximate surface area is 288 Å². The number of hydrogen-bond acceptors (Lipinski definition) is 4. The van der Waals surface area contributed by atoms with E-state index in [-0.39, 0.29) is 0 Å². The van der Waals surface area contributed by atoms with E-state index in [1.165, 1.54) is 36.9 Å². The maximum Gasteiger partial charge on any atom is 0.160 e. The van der Waals surface area contributed by atoms with Crippen molar-refractivity contribution in [2.75, 3.05) is 0 Å². The van der Waals surface area contributed by atoms with Gasteiger partial charge in [0, 0.05) is 54.8 Å². The van der Waals surface area contributed by atoms with E-state index < -0.39 is 0 Å². The summed E-state index contributed by atoms with van der Waals surface area (Å²) in [6, 6.07) is 57.8. The average Bonchev–Trinajstić information content (AvgIpc) is 3.57. The zero-order valence-electron chi connectivity index (χ0n) is 26.5. The molecule has 4 heteroatoms. The second-order valence-electron chi connectivity index (χ2n) is 12.1. The first-order valence-electron chi connectivity index (χ1n) is 16.3. The van der Waals surface area contributed by atoms with Gasteiger partial charge in [0.1, 0.15) is 0 Å². The van der Waals surface area contributed by atoms with Crippen LogP contribution in [0, 0.1) is 0 Å². The summed E-state index contributed by atoms with van der Waals surface area (Å²) in [5.74, 6) is 0.689. The molecule has 9 aromatic rings. The molecule has 0 spiro atoms. The summed E-state index contributed by atoms with van der Waals surface area (Å²) >= 11 is 1.83. The van der Waals surface area contributed by atoms with Crippen LogP contribution in [0.2, 0.25) is 0 Å². The molecule has 0 saturated heterocycles. The molecule has 0 amide bonds. The molecule has 3 nitrogen and oxygen atoms in total. The molecule has 0 bridgehead atoms. The molecule has 0 N–H and O–H groups in total. The van der Waals surface area contributed by atoms with Crippen molar-refractivity contribution in [1.82, 2.24) is 15.0 Å². The minimum Gasteiger partial charge on any atom is -0.264 e. The van der Waals surface area contributed by atoms with Crippen molar-refractivity contribution in [1.29, 1.82) is 0 Å². The predicted molar refractivity (Wildman–Crippen MR) is 205 cm³/mol. The quantitative estimate of drug-likeness (QED) is 0.181. The molecule has 49 heavy (non-hydrogen) atoms. The molecule has 0 radical (unpaired) electrons. The second kappa shape index (κ2) is 12.4. The van der Waals surface area contributed by atoms with Crippen molar-refractivity contribution in [2.24, 2.45) is 0 Å². The molecule has 0 aliphatic heterocycles. The van der Waals surface area contributed by atoms with Gasteiger partial charge in [0.25, 0.3) is 0 Å². The Morgan fingerprint density at radius 3 is 1.65 bits per heavy atom. The van der Waals surface area contributed by atoms with Crippen LogP contribution in [-0.2, 0) is 0 Å². The van der Waals surface area contributed by atoms with E-state index >= 15 is 0 Å². The van der Waals surface area contributed by atoms with E-state index in [1.54, 1.807) is 6.20 Å². The highest BCUT2D eigenvalue weighted by Gasteiger charge is 2.14. The van der Waals surface area contributed by atoms with Gasteiger partial charge in [-0.15, -0.1) is 11.3 Å². The fourth-order valence-electron chi connectivity index (χ4n) is 6.45. The van der Waals surface area contributed by atoms with E-state index in [0.717, 1.165) is 44.8 Å². The van der Waals surface area contributed by atoms with Crippen LogP contribution in [0.3, 0.4) is 0 Å². The van der Waals surface area contributed by atoms with Gasteiger partial charge in [0.05, 0.1) is 11.4 Å². The van der Waals surface area contributed by atoms with E-state index in [1.807, 2.05) is 29.7 Å². The Balaban J connectivity index is 1.13. The third kappa shape index (κ3) is 5.69. The monoisotopic (exact) mass is 643 g/mol. The zero-order valence-corrected chi connectivity index (χ0v) is 27.3. The van der Waals surface area contributed by atoms with E-state index in [9.17, 15) is 0 Å². The predicted octanol–water partition coefficient (Wildman–Crippen LogP) is 12.2. The van der Waals surface area contributed by atoms with Crippen molar-refractivity contribution in [3.05, 3.63) is 176 Å². The summed E-state index contributed by atoms with van der Waals surface area (Å²) in [5.41, 5.74) is 11.8. The number of hydrogen-bond donors (Lipinski definition) is 0. The molecule has 0 fully saturated rings. The maximum absolute atomic E-state index is 5.18. The summed E-state index contributed by atoms with van der Waals surface area (Å²) in [7, 11) is 0. The molecule has 6 aromatic carbocycles. The SMILES string of the molecule is c1ccc(-c2ccc(-c3ccc(-c4cc(-c5ccc6sc7ccccc7c6c5)nc(-c5cccc(-c6cccnc6)c5)n4)cc3)cc2)cc1. The molecule has 3 aromatic heterocycles. The fourth-order valence-corrected chi connectivity index (χ4v) is 7.53. The number of pyridine rings is 1. The second-order valence-corrected chi connectivity index (χ2v) is 13.2. The molecule has 3 heterocycles. The van der Waals surface area contributed by atoms with E-state index in [4.69, 9.17) is 9.97 Å². The van der Waals surface area contributed by atoms with E-state index in [0.29, 0.717) is 5.82 Å². The average molecular weight is 644 g/mol. The Morgan fingerprint density at radius 1 is 0.347 bits per heavy atom. The normalized spacial score (nSPS) is 11.3. The van der Waals surface area contributed by atoms with Gasteiger partial charge in [0.15, 0.2) is 5.82 Å². The van der Waals surface area contributed by atoms with Crippen LogP contribution >= 0.6 is 11.3 Å². The lowest BCUT2D eigenvalue weighted by Crippen LogP contribution is -1.96. The van der Waals surface area contributed by atoms with Gasteiger partial charge < -0.3 is 0 Å². The molecule has 230 valence electrons. The highest BCUT2D eigenvalue weighted by Crippen LogP contribution is 2.37. The summed E-state index contributed by atoms with van der Waals surface area (Å²) in [6.07, 6.45) is 3.68. The maximum atomic E-state index is 5.18. The largest absolute Gasteiger partial charge is 0.264 e. The van der Waals surface area contributed by atoms with Crippen LogP contribution in [-0.4, -0.2) is 15.0 Å². The number of aromatic nitrogens is 3. The first kappa shape index (κ1) is 29.0. The summed E-state index contributed by atoms with van der Waals surface area (Å²) in [5, 5.41) is 2.52. The molecule has 0 aliphatic carbocycles. The minimum atomic E-state index is 0.689. The van der Waals surface area contributed by atoms with Crippen molar-refractivity contribution in [3.8, 4) is 67.3 Å². The van der Waals surface area contributed by atoms with Gasteiger partial charge in [-0.2, -0.15) is 0 Å². The number of nitrogens with zero attached hydrogens (tertiary/aromatic N) is 3. The van der Waals surface area contributed by atoms with Crippen molar-refractivity contribution in [3.63, 3.8) is 0 Å². The lowest BCUT2D eigenvalue weighted by Gasteiger charge is -2.11. The van der Waals surface area contributed by atoms with Gasteiger partial charge in [-0.3, -0.25) is 4.98 Å². The molecule has 0 saturated carbocycles. The number of fused-ring (bicyclic) bond motifs is 3. The summed E-state index contributed by atoms with van der Waals surface area (Å²) < 4.78 is 2.57. The van der Waals surface area contributed by atoms with Crippen LogP contribution in [0.5, 0.6) is 0 Å². The zero-order chi connectivity index (χ0) is 32.6. The summed E-state index contributed by atoms with van der Waals surface area (Å²) in [4.78, 5) is 14.7. The van der Waals surface area contributed by atoms with Crippen molar-refractivity contribution in [2.45, 2.75) is 0 Å². The summed E-state index contributed by atoms with van der Waals surface area (Å²) in [6.45, 7) is 0. The van der Waals surface area contributed by atoms with Crippen LogP contribution in [0.1, 0.15) is 0 Å². The fraction of sp³-hybridized carbons (Fsp3) is 0.